The van der Waals surface area contributed by atoms with Crippen molar-refractivity contribution in [2.75, 3.05) is 13.0 Å². The van der Waals surface area contributed by atoms with Crippen LogP contribution < -0.4 is 0 Å². The molecule has 3 rings (SSSR count). The molecule has 0 radical (unpaired) electrons. The second-order valence-electron chi connectivity index (χ2n) is 7.53. The number of halogens is 2. The summed E-state index contributed by atoms with van der Waals surface area (Å²) < 4.78 is 73.5. The van der Waals surface area contributed by atoms with Crippen molar-refractivity contribution >= 4 is 43.4 Å². The van der Waals surface area contributed by atoms with Gasteiger partial charge in [-0.15, -0.1) is 23.2 Å². The summed E-state index contributed by atoms with van der Waals surface area (Å²) in [5.41, 5.74) is 1.70. The molecule has 33 heavy (non-hydrogen) atoms. The van der Waals surface area contributed by atoms with E-state index in [4.69, 9.17) is 41.0 Å². The summed E-state index contributed by atoms with van der Waals surface area (Å²) in [6.07, 6.45) is -5.23. The largest absolute Gasteiger partial charge is 0.353 e. The van der Waals surface area contributed by atoms with Gasteiger partial charge < -0.3 is 9.47 Å². The summed E-state index contributed by atoms with van der Waals surface area (Å²) in [7, 11) is -7.44. The normalized spacial score (nSPS) is 26.3. The SMILES string of the molecule is COC1OC(CCl)C(Cl)C(OS(=O)(=O)c2ccc(C)cc2)C1OS(=O)(=O)c1ccc(C)cc1. The zero-order valence-corrected chi connectivity index (χ0v) is 21.2. The number of alkyl halides is 2. The molecule has 1 aliphatic heterocycles. The van der Waals surface area contributed by atoms with Crippen LogP contribution in [0.5, 0.6) is 0 Å². The van der Waals surface area contributed by atoms with Gasteiger partial charge in [0.15, 0.2) is 12.4 Å². The van der Waals surface area contributed by atoms with Crippen molar-refractivity contribution in [3.63, 3.8) is 0 Å². The average molecular weight is 539 g/mol. The van der Waals surface area contributed by atoms with Gasteiger partial charge in [-0.2, -0.15) is 16.8 Å². The molecule has 0 bridgehead atoms. The van der Waals surface area contributed by atoms with Crippen LogP contribution in [0.2, 0.25) is 0 Å². The van der Waals surface area contributed by atoms with Crippen LogP contribution in [-0.2, 0) is 38.1 Å². The summed E-state index contributed by atoms with van der Waals surface area (Å²) in [5.74, 6) is -0.115. The highest BCUT2D eigenvalue weighted by molar-refractivity contribution is 7.87. The number of ether oxygens (including phenoxy) is 2. The fourth-order valence-corrected chi connectivity index (χ4v) is 6.14. The van der Waals surface area contributed by atoms with Gasteiger partial charge in [0.1, 0.15) is 6.10 Å². The van der Waals surface area contributed by atoms with E-state index in [1.165, 1.54) is 31.4 Å². The molecule has 1 heterocycles. The zero-order valence-electron chi connectivity index (χ0n) is 18.1. The van der Waals surface area contributed by atoms with Gasteiger partial charge in [-0.25, -0.2) is 0 Å². The van der Waals surface area contributed by atoms with Crippen LogP contribution in [0, 0.1) is 13.8 Å². The Balaban J connectivity index is 1.98. The highest BCUT2D eigenvalue weighted by atomic mass is 35.5. The molecule has 1 fully saturated rings. The van der Waals surface area contributed by atoms with Crippen LogP contribution in [0.3, 0.4) is 0 Å². The van der Waals surface area contributed by atoms with Crippen LogP contribution >= 0.6 is 23.2 Å². The molecule has 0 saturated carbocycles. The third-order valence-corrected chi connectivity index (χ3v) is 8.53. The van der Waals surface area contributed by atoms with Crippen LogP contribution in [-0.4, -0.2) is 59.8 Å². The van der Waals surface area contributed by atoms with Crippen molar-refractivity contribution < 1.29 is 34.7 Å². The molecular weight excluding hydrogens is 515 g/mol. The molecule has 0 spiro atoms. The monoisotopic (exact) mass is 538 g/mol. The van der Waals surface area contributed by atoms with Crippen LogP contribution in [0.4, 0.5) is 0 Å². The van der Waals surface area contributed by atoms with Gasteiger partial charge in [0.2, 0.25) is 0 Å². The summed E-state index contributed by atoms with van der Waals surface area (Å²) in [5, 5.41) is -1.16. The molecular formula is C21H24Cl2O8S2. The fraction of sp³-hybridized carbons (Fsp3) is 0.429. The Labute approximate surface area is 203 Å². The second-order valence-corrected chi connectivity index (χ2v) is 11.5. The minimum absolute atomic E-state index is 0.115. The predicted molar refractivity (Wildman–Crippen MR) is 123 cm³/mol. The Kier molecular flexibility index (Phi) is 8.45. The molecule has 1 saturated heterocycles. The lowest BCUT2D eigenvalue weighted by Gasteiger charge is -2.42. The van der Waals surface area contributed by atoms with Crippen LogP contribution in [0.25, 0.3) is 0 Å². The minimum Gasteiger partial charge on any atom is -0.353 e. The fourth-order valence-electron chi connectivity index (χ4n) is 3.21. The Morgan fingerprint density at radius 1 is 0.818 bits per heavy atom. The molecule has 0 aliphatic carbocycles. The van der Waals surface area contributed by atoms with E-state index in [0.717, 1.165) is 11.1 Å². The molecule has 2 aromatic carbocycles. The first-order valence-corrected chi connectivity index (χ1v) is 13.7. The number of aryl methyl sites for hydroxylation is 2. The number of methoxy groups -OCH3 is 1. The summed E-state index contributed by atoms with van der Waals surface area (Å²) in [6, 6.07) is 11.9. The molecule has 0 N–H and O–H groups in total. The Bertz CT molecular complexity index is 1150. The van der Waals surface area contributed by atoms with Gasteiger partial charge in [0.05, 0.1) is 27.2 Å². The first-order valence-electron chi connectivity index (χ1n) is 9.86. The maximum absolute atomic E-state index is 13.0. The standard InChI is InChI=1S/C21H24Cl2O8S2/c1-13-4-8-15(9-5-13)32(24,25)30-19-18(23)17(12-22)29-21(28-3)20(19)31-33(26,27)16-10-6-14(2)7-11-16/h4-11,17-21H,12H2,1-3H3. The number of benzene rings is 2. The van der Waals surface area contributed by atoms with Crippen LogP contribution in [0.15, 0.2) is 58.3 Å². The Morgan fingerprint density at radius 3 is 1.64 bits per heavy atom. The summed E-state index contributed by atoms with van der Waals surface area (Å²) in [6.45, 7) is 3.61. The minimum atomic E-state index is -4.35. The molecule has 0 aromatic heterocycles. The van der Waals surface area contributed by atoms with E-state index in [2.05, 4.69) is 0 Å². The van der Waals surface area contributed by atoms with Gasteiger partial charge >= 0.3 is 0 Å². The molecule has 2 aromatic rings. The number of hydrogen-bond acceptors (Lipinski definition) is 8. The van der Waals surface area contributed by atoms with Crippen molar-refractivity contribution in [2.45, 2.75) is 53.6 Å². The highest BCUT2D eigenvalue weighted by Crippen LogP contribution is 2.34. The van der Waals surface area contributed by atoms with Gasteiger partial charge in [-0.1, -0.05) is 35.4 Å². The predicted octanol–water partition coefficient (Wildman–Crippen LogP) is 3.37. The van der Waals surface area contributed by atoms with Crippen molar-refractivity contribution in [1.29, 1.82) is 0 Å². The van der Waals surface area contributed by atoms with Gasteiger partial charge in [0, 0.05) is 7.11 Å². The van der Waals surface area contributed by atoms with Gasteiger partial charge in [-0.05, 0) is 38.1 Å². The maximum Gasteiger partial charge on any atom is 0.297 e. The summed E-state index contributed by atoms with van der Waals surface area (Å²) >= 11 is 12.4. The van der Waals surface area contributed by atoms with E-state index < -0.39 is 50.2 Å². The Hall–Kier alpha value is -1.24. The third kappa shape index (κ3) is 6.07. The molecule has 182 valence electrons. The first kappa shape index (κ1) is 26.4. The molecule has 1 aliphatic rings. The topological polar surface area (TPSA) is 105 Å². The van der Waals surface area contributed by atoms with E-state index in [0.29, 0.717) is 0 Å². The number of hydrogen-bond donors (Lipinski definition) is 0. The molecule has 12 heteroatoms. The lowest BCUT2D eigenvalue weighted by Crippen LogP contribution is -2.59. The number of rotatable bonds is 8. The quantitative estimate of drug-likeness (QED) is 0.372. The molecule has 0 amide bonds. The van der Waals surface area contributed by atoms with E-state index in [9.17, 15) is 16.8 Å². The second kappa shape index (κ2) is 10.6. The smallest absolute Gasteiger partial charge is 0.297 e. The summed E-state index contributed by atoms with van der Waals surface area (Å²) in [4.78, 5) is -0.256. The maximum atomic E-state index is 13.0. The molecule has 8 nitrogen and oxygen atoms in total. The van der Waals surface area contributed by atoms with Crippen molar-refractivity contribution in [1.82, 2.24) is 0 Å². The molecule has 5 atom stereocenters. The van der Waals surface area contributed by atoms with Crippen molar-refractivity contribution in [3.8, 4) is 0 Å². The van der Waals surface area contributed by atoms with Crippen LogP contribution in [0.1, 0.15) is 11.1 Å². The van der Waals surface area contributed by atoms with E-state index in [-0.39, 0.29) is 15.7 Å². The highest BCUT2D eigenvalue weighted by Gasteiger charge is 2.51. The van der Waals surface area contributed by atoms with E-state index >= 15 is 0 Å². The van der Waals surface area contributed by atoms with Crippen molar-refractivity contribution in [2.24, 2.45) is 0 Å². The lowest BCUT2D eigenvalue weighted by atomic mass is 10.0. The van der Waals surface area contributed by atoms with Gasteiger partial charge in [-0.3, -0.25) is 8.37 Å². The average Bonchev–Trinajstić information content (AvgIpc) is 2.77. The van der Waals surface area contributed by atoms with E-state index in [1.54, 1.807) is 38.1 Å². The van der Waals surface area contributed by atoms with Gasteiger partial charge in [0.25, 0.3) is 20.2 Å². The third-order valence-electron chi connectivity index (χ3n) is 5.05. The van der Waals surface area contributed by atoms with Crippen molar-refractivity contribution in [3.05, 3.63) is 59.7 Å². The van der Waals surface area contributed by atoms with E-state index in [1.807, 2.05) is 0 Å². The lowest BCUT2D eigenvalue weighted by molar-refractivity contribution is -0.239. The molecule has 5 unspecified atom stereocenters. The Morgan fingerprint density at radius 2 is 1.24 bits per heavy atom. The first-order chi connectivity index (χ1) is 15.5. The zero-order chi connectivity index (χ0) is 24.4.